The maximum Gasteiger partial charge on any atom is 0.307 e. The van der Waals surface area contributed by atoms with E-state index in [1.54, 1.807) is 0 Å². The van der Waals surface area contributed by atoms with Gasteiger partial charge in [-0.25, -0.2) is 0 Å². The normalized spacial score (nSPS) is 25.4. The molecule has 0 aromatic rings. The summed E-state index contributed by atoms with van der Waals surface area (Å²) in [6, 6.07) is -0.0510. The average molecular weight is 298 g/mol. The second kappa shape index (κ2) is 7.22. The third-order valence-electron chi connectivity index (χ3n) is 4.81. The molecular formula is C15H26N2O4. The summed E-state index contributed by atoms with van der Waals surface area (Å²) >= 11 is 0. The van der Waals surface area contributed by atoms with Gasteiger partial charge in [-0.05, 0) is 32.1 Å². The van der Waals surface area contributed by atoms with Crippen molar-refractivity contribution in [3.8, 4) is 0 Å². The van der Waals surface area contributed by atoms with Gasteiger partial charge in [0.1, 0.15) is 0 Å². The van der Waals surface area contributed by atoms with E-state index in [-0.39, 0.29) is 24.3 Å². The number of rotatable bonds is 4. The fraction of sp³-hybridized carbons (Fsp3) is 0.867. The summed E-state index contributed by atoms with van der Waals surface area (Å²) in [5.74, 6) is -0.157. The monoisotopic (exact) mass is 298 g/mol. The second-order valence-corrected chi connectivity index (χ2v) is 6.03. The van der Waals surface area contributed by atoms with E-state index in [1.165, 1.54) is 7.11 Å². The van der Waals surface area contributed by atoms with Crippen LogP contribution >= 0.6 is 0 Å². The van der Waals surface area contributed by atoms with E-state index in [9.17, 15) is 9.59 Å². The molecule has 0 aliphatic carbocycles. The molecule has 1 unspecified atom stereocenters. The molecule has 2 aliphatic rings. The molecule has 2 aliphatic heterocycles. The lowest BCUT2D eigenvalue weighted by atomic mass is 9.78. The minimum atomic E-state index is -0.510. The molecule has 0 radical (unpaired) electrons. The first-order valence-corrected chi connectivity index (χ1v) is 7.78. The zero-order valence-corrected chi connectivity index (χ0v) is 12.8. The van der Waals surface area contributed by atoms with Crippen LogP contribution in [0.4, 0.5) is 0 Å². The van der Waals surface area contributed by atoms with E-state index >= 15 is 0 Å². The molecule has 0 aromatic carbocycles. The van der Waals surface area contributed by atoms with Crippen LogP contribution in [0.5, 0.6) is 0 Å². The summed E-state index contributed by atoms with van der Waals surface area (Å²) in [6.07, 6.45) is 4.51. The molecule has 2 saturated heterocycles. The predicted molar refractivity (Wildman–Crippen MR) is 77.5 cm³/mol. The Bertz CT molecular complexity index is 380. The van der Waals surface area contributed by atoms with Crippen LogP contribution in [0.25, 0.3) is 0 Å². The number of nitrogens with two attached hydrogens (primary N) is 1. The highest BCUT2D eigenvalue weighted by Gasteiger charge is 2.43. The molecule has 120 valence electrons. The first kappa shape index (κ1) is 16.2. The summed E-state index contributed by atoms with van der Waals surface area (Å²) in [4.78, 5) is 26.5. The van der Waals surface area contributed by atoms with Crippen LogP contribution in [0.15, 0.2) is 0 Å². The number of hydrogen-bond donors (Lipinski definition) is 1. The van der Waals surface area contributed by atoms with E-state index < -0.39 is 5.41 Å². The Kier molecular flexibility index (Phi) is 5.58. The van der Waals surface area contributed by atoms with Crippen molar-refractivity contribution < 1.29 is 19.1 Å². The lowest BCUT2D eigenvalue weighted by molar-refractivity contribution is -0.153. The van der Waals surface area contributed by atoms with Gasteiger partial charge in [0.05, 0.1) is 18.9 Å². The van der Waals surface area contributed by atoms with Gasteiger partial charge in [0, 0.05) is 32.3 Å². The van der Waals surface area contributed by atoms with E-state index in [0.717, 1.165) is 19.3 Å². The first-order chi connectivity index (χ1) is 10.1. The third-order valence-corrected chi connectivity index (χ3v) is 4.81. The smallest absolute Gasteiger partial charge is 0.307 e. The van der Waals surface area contributed by atoms with Gasteiger partial charge >= 0.3 is 5.97 Å². The van der Waals surface area contributed by atoms with Crippen molar-refractivity contribution >= 4 is 11.9 Å². The number of carbonyl (C=O) groups excluding carboxylic acids is 2. The molecule has 0 saturated carbocycles. The van der Waals surface area contributed by atoms with Crippen LogP contribution in [0.2, 0.25) is 0 Å². The van der Waals surface area contributed by atoms with E-state index in [4.69, 9.17) is 15.2 Å². The number of likely N-dealkylation sites (tertiary alicyclic amines) is 1. The largest absolute Gasteiger partial charge is 0.469 e. The fourth-order valence-corrected chi connectivity index (χ4v) is 3.33. The Labute approximate surface area is 125 Å². The fourth-order valence-electron chi connectivity index (χ4n) is 3.33. The maximum atomic E-state index is 13.0. The number of piperidine rings is 1. The minimum Gasteiger partial charge on any atom is -0.469 e. The van der Waals surface area contributed by atoms with Gasteiger partial charge in [0.15, 0.2) is 0 Å². The molecule has 1 amide bonds. The van der Waals surface area contributed by atoms with E-state index in [0.29, 0.717) is 39.1 Å². The number of ether oxygens (including phenoxy) is 2. The molecule has 2 heterocycles. The van der Waals surface area contributed by atoms with Crippen LogP contribution in [-0.4, -0.2) is 56.2 Å². The topological polar surface area (TPSA) is 81.9 Å². The third kappa shape index (κ3) is 3.55. The summed E-state index contributed by atoms with van der Waals surface area (Å²) in [5.41, 5.74) is 5.41. The van der Waals surface area contributed by atoms with E-state index in [2.05, 4.69) is 0 Å². The number of amides is 1. The minimum absolute atomic E-state index is 0.0510. The molecule has 21 heavy (non-hydrogen) atoms. The Morgan fingerprint density at radius 2 is 2.05 bits per heavy atom. The highest BCUT2D eigenvalue weighted by atomic mass is 16.5. The van der Waals surface area contributed by atoms with Gasteiger partial charge in [-0.3, -0.25) is 9.59 Å². The van der Waals surface area contributed by atoms with Crippen molar-refractivity contribution in [2.75, 3.05) is 33.4 Å². The predicted octanol–water partition coefficient (Wildman–Crippen LogP) is 0.686. The van der Waals surface area contributed by atoms with Gasteiger partial charge in [0.2, 0.25) is 5.91 Å². The van der Waals surface area contributed by atoms with E-state index in [1.807, 2.05) is 4.90 Å². The molecule has 1 atom stereocenters. The maximum absolute atomic E-state index is 13.0. The van der Waals surface area contributed by atoms with Crippen molar-refractivity contribution in [1.82, 2.24) is 4.90 Å². The highest BCUT2D eigenvalue weighted by Crippen LogP contribution is 2.34. The zero-order chi connectivity index (χ0) is 15.3. The SMILES string of the molecule is COC(=O)CC1CCCCN1C(=O)C1(CN)CCOCC1. The second-order valence-electron chi connectivity index (χ2n) is 6.03. The molecule has 6 nitrogen and oxygen atoms in total. The van der Waals surface area contributed by atoms with Crippen molar-refractivity contribution in [1.29, 1.82) is 0 Å². The summed E-state index contributed by atoms with van der Waals surface area (Å²) in [7, 11) is 1.39. The van der Waals surface area contributed by atoms with Gasteiger partial charge in [0.25, 0.3) is 0 Å². The lowest BCUT2D eigenvalue weighted by Crippen LogP contribution is -2.55. The number of carbonyl (C=O) groups is 2. The van der Waals surface area contributed by atoms with Crippen LogP contribution in [0.3, 0.4) is 0 Å². The van der Waals surface area contributed by atoms with Crippen molar-refractivity contribution in [2.45, 2.75) is 44.6 Å². The average Bonchev–Trinajstić information content (AvgIpc) is 2.55. The summed E-state index contributed by atoms with van der Waals surface area (Å²) in [5, 5.41) is 0. The lowest BCUT2D eigenvalue weighted by Gasteiger charge is -2.43. The quantitative estimate of drug-likeness (QED) is 0.772. The number of nitrogens with zero attached hydrogens (tertiary/aromatic N) is 1. The molecule has 0 bridgehead atoms. The Morgan fingerprint density at radius 3 is 2.67 bits per heavy atom. The molecular weight excluding hydrogens is 272 g/mol. The number of hydrogen-bond acceptors (Lipinski definition) is 5. The van der Waals surface area contributed by atoms with Crippen molar-refractivity contribution in [3.05, 3.63) is 0 Å². The van der Waals surface area contributed by atoms with Crippen LogP contribution in [-0.2, 0) is 19.1 Å². The number of esters is 1. The highest BCUT2D eigenvalue weighted by molar-refractivity contribution is 5.84. The molecule has 0 aromatic heterocycles. The van der Waals surface area contributed by atoms with Crippen LogP contribution < -0.4 is 5.73 Å². The van der Waals surface area contributed by atoms with Crippen molar-refractivity contribution in [2.24, 2.45) is 11.1 Å². The molecule has 2 N–H and O–H groups in total. The van der Waals surface area contributed by atoms with Gasteiger partial charge in [-0.2, -0.15) is 0 Å². The zero-order valence-electron chi connectivity index (χ0n) is 12.8. The van der Waals surface area contributed by atoms with Gasteiger partial charge in [-0.15, -0.1) is 0 Å². The van der Waals surface area contributed by atoms with Gasteiger partial charge < -0.3 is 20.1 Å². The Morgan fingerprint density at radius 1 is 1.33 bits per heavy atom. The molecule has 2 fully saturated rings. The van der Waals surface area contributed by atoms with Crippen molar-refractivity contribution in [3.63, 3.8) is 0 Å². The molecule has 0 spiro atoms. The molecule has 2 rings (SSSR count). The Balaban J connectivity index is 2.11. The standard InChI is InChI=1S/C15H26N2O4/c1-20-13(18)10-12-4-2-3-7-17(12)14(19)15(11-16)5-8-21-9-6-15/h12H,2-11,16H2,1H3. The summed E-state index contributed by atoms with van der Waals surface area (Å²) in [6.45, 7) is 2.22. The number of methoxy groups -OCH3 is 1. The van der Waals surface area contributed by atoms with Crippen LogP contribution in [0.1, 0.15) is 38.5 Å². The van der Waals surface area contributed by atoms with Gasteiger partial charge in [-0.1, -0.05) is 0 Å². The molecule has 6 heteroatoms. The first-order valence-electron chi connectivity index (χ1n) is 7.78. The summed E-state index contributed by atoms with van der Waals surface area (Å²) < 4.78 is 10.1. The van der Waals surface area contributed by atoms with Crippen LogP contribution in [0, 0.1) is 5.41 Å². The Hall–Kier alpha value is -1.14.